The second-order valence-electron chi connectivity index (χ2n) is 2.70. The standard InChI is InChI=1S/C7H14N2O5/c10-4-5(9-7(13)14)2-1-3-8-6(11)12/h5,8-10H,1-4H2,(H,11,12)(H,13,14)/t5-/m1/s1. The van der Waals surface area contributed by atoms with Crippen LogP contribution in [0.5, 0.6) is 0 Å². The highest BCUT2D eigenvalue weighted by molar-refractivity contribution is 5.65. The maximum Gasteiger partial charge on any atom is 0.404 e. The van der Waals surface area contributed by atoms with Crippen molar-refractivity contribution in [1.82, 2.24) is 10.6 Å². The average molecular weight is 206 g/mol. The predicted octanol–water partition coefficient (Wildman–Crippen LogP) is -0.337. The monoisotopic (exact) mass is 206 g/mol. The van der Waals surface area contributed by atoms with Gasteiger partial charge in [0.1, 0.15) is 0 Å². The van der Waals surface area contributed by atoms with Gasteiger partial charge in [0.15, 0.2) is 0 Å². The van der Waals surface area contributed by atoms with E-state index in [4.69, 9.17) is 15.3 Å². The van der Waals surface area contributed by atoms with Gasteiger partial charge < -0.3 is 26.0 Å². The van der Waals surface area contributed by atoms with E-state index >= 15 is 0 Å². The van der Waals surface area contributed by atoms with Crippen LogP contribution in [-0.4, -0.2) is 46.7 Å². The van der Waals surface area contributed by atoms with Crippen molar-refractivity contribution in [3.05, 3.63) is 0 Å². The molecule has 0 fully saturated rings. The highest BCUT2D eigenvalue weighted by Crippen LogP contribution is 1.95. The van der Waals surface area contributed by atoms with E-state index in [1.54, 1.807) is 0 Å². The Labute approximate surface area is 80.7 Å². The van der Waals surface area contributed by atoms with Gasteiger partial charge >= 0.3 is 12.2 Å². The molecule has 0 aliphatic heterocycles. The Bertz CT molecular complexity index is 197. The number of rotatable bonds is 6. The Morgan fingerprint density at radius 1 is 1.21 bits per heavy atom. The quantitative estimate of drug-likeness (QED) is 0.381. The molecule has 2 amide bonds. The van der Waals surface area contributed by atoms with E-state index in [9.17, 15) is 9.59 Å². The van der Waals surface area contributed by atoms with Gasteiger partial charge in [-0.15, -0.1) is 0 Å². The summed E-state index contributed by atoms with van der Waals surface area (Å²) in [7, 11) is 0. The number of aliphatic hydroxyl groups excluding tert-OH is 1. The van der Waals surface area contributed by atoms with Crippen molar-refractivity contribution in [3.63, 3.8) is 0 Å². The number of amides is 2. The smallest absolute Gasteiger partial charge is 0.404 e. The van der Waals surface area contributed by atoms with Crippen LogP contribution in [0.1, 0.15) is 12.8 Å². The SMILES string of the molecule is O=C(O)NCCC[C@H](CO)NC(=O)O. The molecule has 1 atom stereocenters. The van der Waals surface area contributed by atoms with Gasteiger partial charge in [0, 0.05) is 6.54 Å². The van der Waals surface area contributed by atoms with E-state index in [2.05, 4.69) is 10.6 Å². The van der Waals surface area contributed by atoms with Crippen LogP contribution in [0.15, 0.2) is 0 Å². The second kappa shape index (κ2) is 6.96. The topological polar surface area (TPSA) is 119 Å². The fraction of sp³-hybridized carbons (Fsp3) is 0.714. The Balaban J connectivity index is 3.52. The van der Waals surface area contributed by atoms with Gasteiger partial charge in [-0.1, -0.05) is 0 Å². The van der Waals surface area contributed by atoms with Crippen LogP contribution in [-0.2, 0) is 0 Å². The van der Waals surface area contributed by atoms with Gasteiger partial charge in [-0.3, -0.25) is 0 Å². The number of hydrogen-bond acceptors (Lipinski definition) is 3. The summed E-state index contributed by atoms with van der Waals surface area (Å²) < 4.78 is 0. The average Bonchev–Trinajstić information content (AvgIpc) is 2.09. The molecule has 7 nitrogen and oxygen atoms in total. The predicted molar refractivity (Wildman–Crippen MR) is 47.3 cm³/mol. The fourth-order valence-corrected chi connectivity index (χ4v) is 0.928. The molecule has 0 aromatic heterocycles. The van der Waals surface area contributed by atoms with Gasteiger partial charge in [-0.05, 0) is 12.8 Å². The molecule has 0 aromatic carbocycles. The molecule has 14 heavy (non-hydrogen) atoms. The van der Waals surface area contributed by atoms with Crippen LogP contribution in [0.25, 0.3) is 0 Å². The largest absolute Gasteiger partial charge is 0.465 e. The lowest BCUT2D eigenvalue weighted by molar-refractivity contribution is 0.174. The molecule has 0 aliphatic rings. The van der Waals surface area contributed by atoms with E-state index in [1.807, 2.05) is 0 Å². The molecule has 0 aromatic rings. The van der Waals surface area contributed by atoms with Crippen LogP contribution in [0.4, 0.5) is 9.59 Å². The fourth-order valence-electron chi connectivity index (χ4n) is 0.928. The van der Waals surface area contributed by atoms with Crippen molar-refractivity contribution in [1.29, 1.82) is 0 Å². The highest BCUT2D eigenvalue weighted by Gasteiger charge is 2.09. The molecule has 0 rings (SSSR count). The van der Waals surface area contributed by atoms with E-state index in [0.717, 1.165) is 0 Å². The summed E-state index contributed by atoms with van der Waals surface area (Å²) in [6.45, 7) is -0.0491. The molecule has 7 heteroatoms. The Hall–Kier alpha value is -1.50. The third-order valence-electron chi connectivity index (χ3n) is 1.55. The Morgan fingerprint density at radius 3 is 2.29 bits per heavy atom. The molecular weight excluding hydrogens is 192 g/mol. The molecular formula is C7H14N2O5. The maximum atomic E-state index is 10.2. The van der Waals surface area contributed by atoms with Gasteiger partial charge in [-0.25, -0.2) is 9.59 Å². The first-order valence-corrected chi connectivity index (χ1v) is 4.13. The van der Waals surface area contributed by atoms with E-state index in [1.165, 1.54) is 0 Å². The third-order valence-corrected chi connectivity index (χ3v) is 1.55. The van der Waals surface area contributed by atoms with E-state index < -0.39 is 18.2 Å². The zero-order valence-electron chi connectivity index (χ0n) is 7.56. The molecule has 0 aliphatic carbocycles. The Morgan fingerprint density at radius 2 is 1.86 bits per heavy atom. The summed E-state index contributed by atoms with van der Waals surface area (Å²) in [4.78, 5) is 20.2. The Kier molecular flexibility index (Phi) is 6.21. The normalized spacial score (nSPS) is 11.8. The van der Waals surface area contributed by atoms with Gasteiger partial charge in [0.2, 0.25) is 0 Å². The molecule has 0 bridgehead atoms. The summed E-state index contributed by atoms with van der Waals surface area (Å²) in [6, 6.07) is -0.539. The number of carbonyl (C=O) groups is 2. The lowest BCUT2D eigenvalue weighted by Crippen LogP contribution is -2.37. The van der Waals surface area contributed by atoms with Crippen molar-refractivity contribution >= 4 is 12.2 Å². The molecule has 0 heterocycles. The van der Waals surface area contributed by atoms with Crippen LogP contribution < -0.4 is 10.6 Å². The molecule has 0 saturated heterocycles. The minimum Gasteiger partial charge on any atom is -0.465 e. The summed E-state index contributed by atoms with van der Waals surface area (Å²) in [5, 5.41) is 29.5. The number of nitrogens with one attached hydrogen (secondary N) is 2. The third kappa shape index (κ3) is 7.17. The van der Waals surface area contributed by atoms with Gasteiger partial charge in [0.05, 0.1) is 12.6 Å². The van der Waals surface area contributed by atoms with Gasteiger partial charge in [0.25, 0.3) is 0 Å². The zero-order valence-corrected chi connectivity index (χ0v) is 7.56. The molecule has 0 spiro atoms. The molecule has 0 saturated carbocycles. The minimum absolute atomic E-state index is 0.243. The molecule has 5 N–H and O–H groups in total. The summed E-state index contributed by atoms with van der Waals surface area (Å²) >= 11 is 0. The van der Waals surface area contributed by atoms with Crippen LogP contribution in [0.3, 0.4) is 0 Å². The first kappa shape index (κ1) is 12.5. The molecule has 0 radical (unpaired) electrons. The summed E-state index contributed by atoms with van der Waals surface area (Å²) in [5.74, 6) is 0. The van der Waals surface area contributed by atoms with Crippen LogP contribution >= 0.6 is 0 Å². The van der Waals surface area contributed by atoms with Crippen molar-refractivity contribution in [3.8, 4) is 0 Å². The number of hydrogen-bond donors (Lipinski definition) is 5. The van der Waals surface area contributed by atoms with Crippen molar-refractivity contribution in [2.45, 2.75) is 18.9 Å². The number of carboxylic acid groups (broad SMARTS) is 2. The number of aliphatic hydroxyl groups is 1. The summed E-state index contributed by atoms with van der Waals surface area (Å²) in [6.07, 6.45) is -1.45. The van der Waals surface area contributed by atoms with Gasteiger partial charge in [-0.2, -0.15) is 0 Å². The second-order valence-corrected chi connectivity index (χ2v) is 2.70. The van der Waals surface area contributed by atoms with Crippen molar-refractivity contribution in [2.24, 2.45) is 0 Å². The van der Waals surface area contributed by atoms with Crippen LogP contribution in [0.2, 0.25) is 0 Å². The van der Waals surface area contributed by atoms with E-state index in [0.29, 0.717) is 12.8 Å². The zero-order chi connectivity index (χ0) is 11.0. The molecule has 0 unspecified atom stereocenters. The lowest BCUT2D eigenvalue weighted by Gasteiger charge is -2.13. The van der Waals surface area contributed by atoms with Crippen molar-refractivity contribution < 1.29 is 24.9 Å². The first-order chi connectivity index (χ1) is 6.56. The van der Waals surface area contributed by atoms with Crippen LogP contribution in [0, 0.1) is 0 Å². The van der Waals surface area contributed by atoms with Crippen molar-refractivity contribution in [2.75, 3.05) is 13.2 Å². The minimum atomic E-state index is -1.20. The van der Waals surface area contributed by atoms with E-state index in [-0.39, 0.29) is 13.2 Å². The maximum absolute atomic E-state index is 10.2. The highest BCUT2D eigenvalue weighted by atomic mass is 16.4. The summed E-state index contributed by atoms with van der Waals surface area (Å²) in [5.41, 5.74) is 0. The molecule has 82 valence electrons. The first-order valence-electron chi connectivity index (χ1n) is 4.13. The lowest BCUT2D eigenvalue weighted by atomic mass is 10.2.